The van der Waals surface area contributed by atoms with Gasteiger partial charge in [0.25, 0.3) is 0 Å². The van der Waals surface area contributed by atoms with Gasteiger partial charge in [-0.3, -0.25) is 14.7 Å². The van der Waals surface area contributed by atoms with Gasteiger partial charge in [-0.25, -0.2) is 0 Å². The van der Waals surface area contributed by atoms with Crippen LogP contribution in [0.25, 0.3) is 10.9 Å². The van der Waals surface area contributed by atoms with Gasteiger partial charge in [-0.05, 0) is 62.4 Å². The summed E-state index contributed by atoms with van der Waals surface area (Å²) < 4.78 is 0. The zero-order valence-electron chi connectivity index (χ0n) is 13.2. The van der Waals surface area contributed by atoms with Gasteiger partial charge in [0.05, 0.1) is 11.4 Å². The maximum Gasteiger partial charge on any atom is 0.306 e. The first-order valence-corrected chi connectivity index (χ1v) is 8.48. The van der Waals surface area contributed by atoms with Gasteiger partial charge < -0.3 is 5.11 Å². The van der Waals surface area contributed by atoms with Crippen LogP contribution >= 0.6 is 0 Å². The molecule has 2 aliphatic rings. The molecule has 1 atom stereocenters. The highest BCUT2D eigenvalue weighted by atomic mass is 16.4. The summed E-state index contributed by atoms with van der Waals surface area (Å²) in [6.45, 7) is 1.80. The van der Waals surface area contributed by atoms with Gasteiger partial charge >= 0.3 is 5.97 Å². The van der Waals surface area contributed by atoms with Crippen LogP contribution in [0.2, 0.25) is 0 Å². The smallest absolute Gasteiger partial charge is 0.306 e. The molecular weight excluding hydrogens is 288 g/mol. The van der Waals surface area contributed by atoms with Gasteiger partial charge in [0.15, 0.2) is 0 Å². The van der Waals surface area contributed by atoms with E-state index in [2.05, 4.69) is 34.1 Å². The number of hydrogen-bond donors (Lipinski definition) is 1. The molecule has 1 unspecified atom stereocenters. The molecule has 120 valence electrons. The van der Waals surface area contributed by atoms with E-state index in [0.29, 0.717) is 0 Å². The Labute approximate surface area is 136 Å². The summed E-state index contributed by atoms with van der Waals surface area (Å²) >= 11 is 0. The summed E-state index contributed by atoms with van der Waals surface area (Å²) in [5.41, 5.74) is 2.45. The first kappa shape index (κ1) is 14.6. The Bertz CT molecular complexity index is 739. The molecule has 2 fully saturated rings. The molecule has 1 saturated carbocycles. The van der Waals surface area contributed by atoms with Gasteiger partial charge in [-0.15, -0.1) is 0 Å². The predicted octanol–water partition coefficient (Wildman–Crippen LogP) is 3.45. The van der Waals surface area contributed by atoms with E-state index in [9.17, 15) is 9.90 Å². The molecule has 1 aliphatic heterocycles. The minimum Gasteiger partial charge on any atom is -0.481 e. The molecule has 2 heterocycles. The van der Waals surface area contributed by atoms with Crippen molar-refractivity contribution in [2.75, 3.05) is 6.54 Å². The number of rotatable bonds is 3. The molecule has 4 heteroatoms. The van der Waals surface area contributed by atoms with Crippen molar-refractivity contribution in [2.45, 2.75) is 44.2 Å². The highest BCUT2D eigenvalue weighted by Gasteiger charge is 2.47. The molecule has 1 saturated heterocycles. The van der Waals surface area contributed by atoms with E-state index >= 15 is 0 Å². The van der Waals surface area contributed by atoms with Crippen LogP contribution in [-0.2, 0) is 11.3 Å². The fourth-order valence-electron chi connectivity index (χ4n) is 4.25. The highest BCUT2D eigenvalue weighted by Crippen LogP contribution is 2.46. The minimum absolute atomic E-state index is 0.130. The summed E-state index contributed by atoms with van der Waals surface area (Å²) in [6, 6.07) is 10.5. The molecule has 1 aromatic heterocycles. The van der Waals surface area contributed by atoms with Crippen LogP contribution < -0.4 is 0 Å². The lowest BCUT2D eigenvalue weighted by atomic mass is 9.67. The number of pyridine rings is 1. The third-order valence-corrected chi connectivity index (χ3v) is 5.72. The van der Waals surface area contributed by atoms with Crippen molar-refractivity contribution in [1.82, 2.24) is 9.88 Å². The van der Waals surface area contributed by atoms with Crippen LogP contribution in [0.3, 0.4) is 0 Å². The predicted molar refractivity (Wildman–Crippen MR) is 89.1 cm³/mol. The standard InChI is InChI=1S/C19H22N2O2/c22-18(23)16-6-10-21(19(12-16)7-2-8-19)13-14-4-5-17-15(11-14)3-1-9-20-17/h1,3-5,9,11,16H,2,6-8,10,12-13H2,(H,22,23). The zero-order valence-corrected chi connectivity index (χ0v) is 13.2. The van der Waals surface area contributed by atoms with Crippen molar-refractivity contribution in [3.8, 4) is 0 Å². The molecule has 2 aromatic rings. The van der Waals surface area contributed by atoms with Gasteiger partial charge in [0, 0.05) is 23.7 Å². The van der Waals surface area contributed by atoms with E-state index < -0.39 is 5.97 Å². The van der Waals surface area contributed by atoms with Crippen molar-refractivity contribution < 1.29 is 9.90 Å². The maximum atomic E-state index is 11.4. The van der Waals surface area contributed by atoms with E-state index in [1.54, 1.807) is 0 Å². The molecule has 4 rings (SSSR count). The lowest BCUT2D eigenvalue weighted by Crippen LogP contribution is -2.58. The Hall–Kier alpha value is -1.94. The van der Waals surface area contributed by atoms with E-state index in [0.717, 1.165) is 44.3 Å². The monoisotopic (exact) mass is 310 g/mol. The summed E-state index contributed by atoms with van der Waals surface area (Å²) in [4.78, 5) is 18.3. The second kappa shape index (κ2) is 5.60. The Morgan fingerprint density at radius 1 is 1.35 bits per heavy atom. The molecule has 4 nitrogen and oxygen atoms in total. The second-order valence-electron chi connectivity index (χ2n) is 7.06. The Morgan fingerprint density at radius 3 is 2.96 bits per heavy atom. The quantitative estimate of drug-likeness (QED) is 0.943. The molecule has 0 radical (unpaired) electrons. The fourth-order valence-corrected chi connectivity index (χ4v) is 4.25. The van der Waals surface area contributed by atoms with Crippen molar-refractivity contribution in [3.05, 3.63) is 42.1 Å². The molecule has 1 spiro atoms. The van der Waals surface area contributed by atoms with Crippen LogP contribution in [0, 0.1) is 5.92 Å². The number of aliphatic carboxylic acids is 1. The Kier molecular flexibility index (Phi) is 3.57. The third kappa shape index (κ3) is 2.61. The number of hydrogen-bond acceptors (Lipinski definition) is 3. The second-order valence-corrected chi connectivity index (χ2v) is 7.06. The Balaban J connectivity index is 1.56. The Morgan fingerprint density at radius 2 is 2.22 bits per heavy atom. The normalized spacial score (nSPS) is 23.7. The minimum atomic E-state index is -0.618. The van der Waals surface area contributed by atoms with Crippen molar-refractivity contribution >= 4 is 16.9 Å². The molecule has 0 amide bonds. The summed E-state index contributed by atoms with van der Waals surface area (Å²) in [5.74, 6) is -0.778. The van der Waals surface area contributed by atoms with Crippen LogP contribution in [0.15, 0.2) is 36.5 Å². The highest BCUT2D eigenvalue weighted by molar-refractivity contribution is 5.78. The van der Waals surface area contributed by atoms with Crippen LogP contribution in [0.5, 0.6) is 0 Å². The first-order valence-electron chi connectivity index (χ1n) is 8.48. The molecule has 23 heavy (non-hydrogen) atoms. The van der Waals surface area contributed by atoms with E-state index in [1.165, 1.54) is 17.4 Å². The third-order valence-electron chi connectivity index (χ3n) is 5.72. The SMILES string of the molecule is O=C(O)C1CCN(Cc2ccc3ncccc3c2)C2(CCC2)C1. The molecule has 1 aliphatic carbocycles. The topological polar surface area (TPSA) is 53.4 Å². The number of benzene rings is 1. The van der Waals surface area contributed by atoms with Crippen LogP contribution in [0.1, 0.15) is 37.7 Å². The number of carboxylic acids is 1. The molecule has 1 aromatic carbocycles. The number of likely N-dealkylation sites (tertiary alicyclic amines) is 1. The number of fused-ring (bicyclic) bond motifs is 1. The van der Waals surface area contributed by atoms with Gasteiger partial charge in [0.1, 0.15) is 0 Å². The summed E-state index contributed by atoms with van der Waals surface area (Å²) in [5, 5.41) is 10.5. The first-order chi connectivity index (χ1) is 11.2. The molecule has 1 N–H and O–H groups in total. The van der Waals surface area contributed by atoms with E-state index in [-0.39, 0.29) is 11.5 Å². The molecule has 0 bridgehead atoms. The number of nitrogens with zero attached hydrogens (tertiary/aromatic N) is 2. The largest absolute Gasteiger partial charge is 0.481 e. The van der Waals surface area contributed by atoms with Crippen molar-refractivity contribution in [2.24, 2.45) is 5.92 Å². The summed E-state index contributed by atoms with van der Waals surface area (Å²) in [7, 11) is 0. The average molecular weight is 310 g/mol. The van der Waals surface area contributed by atoms with Crippen molar-refractivity contribution in [1.29, 1.82) is 0 Å². The van der Waals surface area contributed by atoms with E-state index in [1.807, 2.05) is 12.3 Å². The zero-order chi connectivity index (χ0) is 15.9. The van der Waals surface area contributed by atoms with Crippen molar-refractivity contribution in [3.63, 3.8) is 0 Å². The number of aromatic nitrogens is 1. The average Bonchev–Trinajstić information content (AvgIpc) is 2.53. The maximum absolute atomic E-state index is 11.4. The number of carboxylic acid groups (broad SMARTS) is 1. The molecular formula is C19H22N2O2. The number of piperidine rings is 1. The van der Waals surface area contributed by atoms with Gasteiger partial charge in [0.2, 0.25) is 0 Å². The van der Waals surface area contributed by atoms with Gasteiger partial charge in [-0.2, -0.15) is 0 Å². The fraction of sp³-hybridized carbons (Fsp3) is 0.474. The summed E-state index contributed by atoms with van der Waals surface area (Å²) in [6.07, 6.45) is 6.92. The van der Waals surface area contributed by atoms with Crippen LogP contribution in [-0.4, -0.2) is 33.0 Å². The lowest BCUT2D eigenvalue weighted by Gasteiger charge is -2.54. The van der Waals surface area contributed by atoms with Gasteiger partial charge in [-0.1, -0.05) is 12.1 Å². The number of carbonyl (C=O) groups is 1. The lowest BCUT2D eigenvalue weighted by molar-refractivity contribution is -0.148. The van der Waals surface area contributed by atoms with E-state index in [4.69, 9.17) is 0 Å². The van der Waals surface area contributed by atoms with Crippen LogP contribution in [0.4, 0.5) is 0 Å².